The Morgan fingerprint density at radius 3 is 2.43 bits per heavy atom. The number of ether oxygens (including phenoxy) is 1. The molecule has 0 bridgehead atoms. The van der Waals surface area contributed by atoms with Gasteiger partial charge in [0.15, 0.2) is 11.0 Å². The zero-order valence-electron chi connectivity index (χ0n) is 11.2. The summed E-state index contributed by atoms with van der Waals surface area (Å²) in [5, 5.41) is 8.23. The molecule has 1 N–H and O–H groups in total. The fourth-order valence-corrected chi connectivity index (χ4v) is 2.14. The first-order valence-corrected chi connectivity index (χ1v) is 6.73. The van der Waals surface area contributed by atoms with E-state index in [9.17, 15) is 14.0 Å². The Hall–Kier alpha value is -1.66. The zero-order chi connectivity index (χ0) is 16.2. The van der Waals surface area contributed by atoms with Crippen LogP contribution in [0.2, 0.25) is 10.3 Å². The van der Waals surface area contributed by atoms with Gasteiger partial charge in [-0.1, -0.05) is 30.1 Å². The molecular formula is C13H12Cl2FNO4. The topological polar surface area (TPSA) is 76.5 Å². The van der Waals surface area contributed by atoms with E-state index in [1.54, 1.807) is 13.8 Å². The molecule has 0 spiro atoms. The molecule has 1 heterocycles. The van der Waals surface area contributed by atoms with E-state index in [0.717, 1.165) is 6.26 Å². The molecule has 1 aromatic heterocycles. The van der Waals surface area contributed by atoms with Gasteiger partial charge in [0.25, 0.3) is 0 Å². The van der Waals surface area contributed by atoms with Crippen LogP contribution in [0, 0.1) is 5.82 Å². The first-order chi connectivity index (χ1) is 9.84. The summed E-state index contributed by atoms with van der Waals surface area (Å²) in [5.74, 6) is -3.39. The molecule has 0 amide bonds. The van der Waals surface area contributed by atoms with E-state index in [-0.39, 0.29) is 29.3 Å². The van der Waals surface area contributed by atoms with Crippen LogP contribution in [0.15, 0.2) is 11.8 Å². The second-order valence-corrected chi connectivity index (χ2v) is 4.55. The normalized spacial score (nSPS) is 11.4. The molecule has 0 saturated carbocycles. The van der Waals surface area contributed by atoms with Crippen molar-refractivity contribution in [2.24, 2.45) is 0 Å². The molecule has 0 atom stereocenters. The highest BCUT2D eigenvalue weighted by Crippen LogP contribution is 2.28. The highest BCUT2D eigenvalue weighted by Gasteiger charge is 2.28. The molecule has 0 aliphatic carbocycles. The number of nitrogens with zero attached hydrogens (tertiary/aromatic N) is 1. The second kappa shape index (κ2) is 7.38. The van der Waals surface area contributed by atoms with Gasteiger partial charge in [-0.2, -0.15) is 0 Å². The third-order valence-electron chi connectivity index (χ3n) is 2.57. The van der Waals surface area contributed by atoms with Crippen molar-refractivity contribution in [2.45, 2.75) is 20.3 Å². The Morgan fingerprint density at radius 1 is 1.33 bits per heavy atom. The van der Waals surface area contributed by atoms with Gasteiger partial charge in [-0.25, -0.2) is 14.2 Å². The quantitative estimate of drug-likeness (QED) is 0.215. The number of carboxylic acid groups (broad SMARTS) is 1. The van der Waals surface area contributed by atoms with Gasteiger partial charge in [0.2, 0.25) is 5.78 Å². The van der Waals surface area contributed by atoms with Crippen LogP contribution in [0.3, 0.4) is 0 Å². The van der Waals surface area contributed by atoms with E-state index >= 15 is 0 Å². The van der Waals surface area contributed by atoms with E-state index in [1.165, 1.54) is 0 Å². The van der Waals surface area contributed by atoms with E-state index in [0.29, 0.717) is 0 Å². The van der Waals surface area contributed by atoms with Gasteiger partial charge in [0.1, 0.15) is 17.0 Å². The largest absolute Gasteiger partial charge is 0.500 e. The standard InChI is InChI=1S/C13H12Cl2FNO4/c1-3-6-8(11(14)17-12(15)9(6)16)10(18)7(13(19)20)5-21-4-2/h5H,3-4H2,1-2H3,(H,19,20)/b7-5-. The van der Waals surface area contributed by atoms with Crippen LogP contribution < -0.4 is 0 Å². The number of pyridine rings is 1. The molecule has 0 aromatic carbocycles. The predicted molar refractivity (Wildman–Crippen MR) is 75.3 cm³/mol. The Morgan fingerprint density at radius 2 is 1.95 bits per heavy atom. The van der Waals surface area contributed by atoms with Crippen molar-refractivity contribution in [2.75, 3.05) is 6.61 Å². The van der Waals surface area contributed by atoms with Gasteiger partial charge >= 0.3 is 5.97 Å². The lowest BCUT2D eigenvalue weighted by Gasteiger charge is -2.11. The number of carbonyl (C=O) groups excluding carboxylic acids is 1. The van der Waals surface area contributed by atoms with Crippen LogP contribution in [0.5, 0.6) is 0 Å². The number of hydrogen-bond donors (Lipinski definition) is 1. The summed E-state index contributed by atoms with van der Waals surface area (Å²) in [4.78, 5) is 26.9. The minimum absolute atomic E-state index is 0.0892. The number of ketones is 1. The summed E-state index contributed by atoms with van der Waals surface area (Å²) in [6, 6.07) is 0. The number of rotatable bonds is 6. The van der Waals surface area contributed by atoms with Crippen molar-refractivity contribution in [3.63, 3.8) is 0 Å². The monoisotopic (exact) mass is 335 g/mol. The van der Waals surface area contributed by atoms with Crippen LogP contribution >= 0.6 is 23.2 Å². The van der Waals surface area contributed by atoms with Crippen LogP contribution in [-0.4, -0.2) is 28.4 Å². The fourth-order valence-electron chi connectivity index (χ4n) is 1.62. The Kier molecular flexibility index (Phi) is 6.11. The minimum Gasteiger partial charge on any atom is -0.500 e. The SMILES string of the molecule is CCO/C=C(\C(=O)O)C(=O)c1c(Cl)nc(Cl)c(F)c1CC. The van der Waals surface area contributed by atoms with Crippen LogP contribution in [0.1, 0.15) is 29.8 Å². The number of aliphatic carboxylic acids is 1. The lowest BCUT2D eigenvalue weighted by molar-refractivity contribution is -0.132. The van der Waals surface area contributed by atoms with Crippen LogP contribution in [0.25, 0.3) is 0 Å². The Balaban J connectivity index is 3.48. The summed E-state index contributed by atoms with van der Waals surface area (Å²) in [5.41, 5.74) is -1.08. The summed E-state index contributed by atoms with van der Waals surface area (Å²) in [6.45, 7) is 3.37. The summed E-state index contributed by atoms with van der Waals surface area (Å²) < 4.78 is 18.7. The lowest BCUT2D eigenvalue weighted by atomic mass is 9.99. The van der Waals surface area contributed by atoms with E-state index < -0.39 is 28.3 Å². The van der Waals surface area contributed by atoms with Crippen LogP contribution in [-0.2, 0) is 16.0 Å². The molecular weight excluding hydrogens is 324 g/mol. The highest BCUT2D eigenvalue weighted by atomic mass is 35.5. The maximum absolute atomic E-state index is 13.9. The van der Waals surface area contributed by atoms with E-state index in [1.807, 2.05) is 0 Å². The second-order valence-electron chi connectivity index (χ2n) is 3.84. The number of halogens is 3. The van der Waals surface area contributed by atoms with Crippen molar-refractivity contribution >= 4 is 35.0 Å². The van der Waals surface area contributed by atoms with Gasteiger partial charge in [-0.05, 0) is 13.3 Å². The van der Waals surface area contributed by atoms with Crippen LogP contribution in [0.4, 0.5) is 4.39 Å². The summed E-state index contributed by atoms with van der Waals surface area (Å²) in [6.07, 6.45) is 0.892. The summed E-state index contributed by atoms with van der Waals surface area (Å²) >= 11 is 11.4. The molecule has 0 unspecified atom stereocenters. The number of hydrogen-bond acceptors (Lipinski definition) is 4. The molecule has 0 aliphatic rings. The molecule has 0 aliphatic heterocycles. The average Bonchev–Trinajstić information content (AvgIpc) is 2.42. The molecule has 1 aromatic rings. The molecule has 8 heteroatoms. The number of aromatic nitrogens is 1. The van der Waals surface area contributed by atoms with Crippen molar-refractivity contribution in [3.8, 4) is 0 Å². The first kappa shape index (κ1) is 17.4. The average molecular weight is 336 g/mol. The third-order valence-corrected chi connectivity index (χ3v) is 3.10. The maximum atomic E-state index is 13.9. The van der Waals surface area contributed by atoms with Crippen molar-refractivity contribution < 1.29 is 23.8 Å². The zero-order valence-corrected chi connectivity index (χ0v) is 12.8. The number of Topliss-reactive ketones (excluding diaryl/α,β-unsaturated/α-hetero) is 1. The third kappa shape index (κ3) is 3.71. The smallest absolute Gasteiger partial charge is 0.342 e. The molecule has 114 valence electrons. The number of carbonyl (C=O) groups is 2. The number of carboxylic acids is 1. The Bertz CT molecular complexity index is 617. The van der Waals surface area contributed by atoms with E-state index in [4.69, 9.17) is 33.0 Å². The van der Waals surface area contributed by atoms with Gasteiger partial charge < -0.3 is 9.84 Å². The molecule has 21 heavy (non-hydrogen) atoms. The highest BCUT2D eigenvalue weighted by molar-refractivity contribution is 6.37. The van der Waals surface area contributed by atoms with Gasteiger partial charge in [0, 0.05) is 5.56 Å². The molecule has 5 nitrogen and oxygen atoms in total. The van der Waals surface area contributed by atoms with Crippen molar-refractivity contribution in [3.05, 3.63) is 39.1 Å². The molecule has 0 fully saturated rings. The lowest BCUT2D eigenvalue weighted by Crippen LogP contribution is -2.17. The van der Waals surface area contributed by atoms with Gasteiger partial charge in [0.05, 0.1) is 12.2 Å². The minimum atomic E-state index is -1.51. The van der Waals surface area contributed by atoms with Gasteiger partial charge in [-0.3, -0.25) is 4.79 Å². The molecule has 0 radical (unpaired) electrons. The molecule has 1 rings (SSSR count). The predicted octanol–water partition coefficient (Wildman–Crippen LogP) is 3.28. The fraction of sp³-hybridized carbons (Fsp3) is 0.308. The Labute approximate surface area is 130 Å². The molecule has 0 saturated heterocycles. The van der Waals surface area contributed by atoms with Crippen molar-refractivity contribution in [1.82, 2.24) is 4.98 Å². The van der Waals surface area contributed by atoms with Gasteiger partial charge in [-0.15, -0.1) is 0 Å². The summed E-state index contributed by atoms with van der Waals surface area (Å²) in [7, 11) is 0. The van der Waals surface area contributed by atoms with Crippen molar-refractivity contribution in [1.29, 1.82) is 0 Å². The first-order valence-electron chi connectivity index (χ1n) is 5.98. The maximum Gasteiger partial charge on any atom is 0.342 e. The van der Waals surface area contributed by atoms with E-state index in [2.05, 4.69) is 4.98 Å².